The first-order chi connectivity index (χ1) is 13.7. The first-order valence-electron chi connectivity index (χ1n) is 8.65. The fourth-order valence-corrected chi connectivity index (χ4v) is 2.38. The predicted molar refractivity (Wildman–Crippen MR) is 106 cm³/mol. The van der Waals surface area contributed by atoms with Gasteiger partial charge < -0.3 is 25.6 Å². The van der Waals surface area contributed by atoms with Crippen molar-refractivity contribution in [2.45, 2.75) is 19.4 Å². The molecule has 0 spiro atoms. The molecule has 0 saturated carbocycles. The molecule has 2 amide bonds. The lowest BCUT2D eigenvalue weighted by molar-refractivity contribution is -0.141. The number of halogens is 1. The highest BCUT2D eigenvalue weighted by atomic mass is 19.1. The lowest BCUT2D eigenvalue weighted by atomic mass is 10.1. The molecule has 4 N–H and O–H groups in total. The van der Waals surface area contributed by atoms with E-state index in [1.165, 1.54) is 38.1 Å². The fourth-order valence-electron chi connectivity index (χ4n) is 2.38. The van der Waals surface area contributed by atoms with E-state index in [9.17, 15) is 14.0 Å². The Hall–Kier alpha value is -3.88. The number of aromatic nitrogens is 1. The zero-order valence-electron chi connectivity index (χ0n) is 15.7. The van der Waals surface area contributed by atoms with E-state index in [0.717, 1.165) is 5.56 Å². The second-order valence-corrected chi connectivity index (χ2v) is 6.79. The van der Waals surface area contributed by atoms with Gasteiger partial charge >= 0.3 is 12.0 Å². The van der Waals surface area contributed by atoms with Crippen LogP contribution in [0.1, 0.15) is 13.8 Å². The number of anilines is 3. The molecule has 8 nitrogen and oxygen atoms in total. The Balaban J connectivity index is 1.62. The third-order valence-corrected chi connectivity index (χ3v) is 4.02. The Morgan fingerprint density at radius 3 is 2.10 bits per heavy atom. The molecule has 0 unspecified atom stereocenters. The number of urea groups is 1. The van der Waals surface area contributed by atoms with Gasteiger partial charge in [0.15, 0.2) is 0 Å². The van der Waals surface area contributed by atoms with Crippen LogP contribution < -0.4 is 16.0 Å². The maximum atomic E-state index is 12.9. The van der Waals surface area contributed by atoms with Crippen molar-refractivity contribution in [3.8, 4) is 11.3 Å². The topological polar surface area (TPSA) is 116 Å². The van der Waals surface area contributed by atoms with Crippen LogP contribution >= 0.6 is 0 Å². The summed E-state index contributed by atoms with van der Waals surface area (Å²) in [5, 5.41) is 21.1. The minimum atomic E-state index is -1.21. The molecule has 2 aromatic carbocycles. The van der Waals surface area contributed by atoms with Crippen LogP contribution in [0.15, 0.2) is 59.1 Å². The van der Waals surface area contributed by atoms with Crippen molar-refractivity contribution in [1.82, 2.24) is 5.16 Å². The molecule has 0 radical (unpaired) electrons. The molecule has 150 valence electrons. The maximum absolute atomic E-state index is 12.9. The van der Waals surface area contributed by atoms with E-state index in [1.54, 1.807) is 30.3 Å². The molecule has 9 heteroatoms. The van der Waals surface area contributed by atoms with E-state index >= 15 is 0 Å². The van der Waals surface area contributed by atoms with Crippen molar-refractivity contribution >= 4 is 29.3 Å². The van der Waals surface area contributed by atoms with Gasteiger partial charge in [0.05, 0.1) is 0 Å². The number of amides is 2. The Kier molecular flexibility index (Phi) is 5.49. The number of rotatable bonds is 6. The molecule has 0 atom stereocenters. The molecule has 0 aliphatic rings. The zero-order chi connectivity index (χ0) is 21.0. The monoisotopic (exact) mass is 398 g/mol. The molecule has 0 aliphatic carbocycles. The van der Waals surface area contributed by atoms with Gasteiger partial charge in [0.1, 0.15) is 17.1 Å². The lowest BCUT2D eigenvalue weighted by Crippen LogP contribution is -2.39. The summed E-state index contributed by atoms with van der Waals surface area (Å²) in [5.41, 5.74) is 1.03. The molecule has 0 bridgehead atoms. The highest BCUT2D eigenvalue weighted by Crippen LogP contribution is 2.25. The van der Waals surface area contributed by atoms with Crippen molar-refractivity contribution in [3.05, 3.63) is 60.4 Å². The number of nitrogens with zero attached hydrogens (tertiary/aromatic N) is 1. The first-order valence-corrected chi connectivity index (χ1v) is 8.65. The third-order valence-electron chi connectivity index (χ3n) is 4.02. The fraction of sp³-hybridized carbons (Fsp3) is 0.150. The van der Waals surface area contributed by atoms with Gasteiger partial charge in [-0.3, -0.25) is 0 Å². The minimum absolute atomic E-state index is 0.230. The minimum Gasteiger partial charge on any atom is -0.480 e. The van der Waals surface area contributed by atoms with E-state index in [2.05, 4.69) is 21.1 Å². The molecule has 3 rings (SSSR count). The molecule has 1 aromatic heterocycles. The van der Waals surface area contributed by atoms with E-state index < -0.39 is 17.5 Å². The van der Waals surface area contributed by atoms with E-state index in [-0.39, 0.29) is 11.7 Å². The Labute approximate surface area is 165 Å². The van der Waals surface area contributed by atoms with Crippen molar-refractivity contribution in [2.24, 2.45) is 0 Å². The summed E-state index contributed by atoms with van der Waals surface area (Å²) in [4.78, 5) is 23.2. The van der Waals surface area contributed by atoms with Gasteiger partial charge in [-0.05, 0) is 50.2 Å². The second-order valence-electron chi connectivity index (χ2n) is 6.79. The lowest BCUT2D eigenvalue weighted by Gasteiger charge is -2.19. The Bertz CT molecular complexity index is 1010. The van der Waals surface area contributed by atoms with Gasteiger partial charge in [-0.25, -0.2) is 14.0 Å². The number of nitrogens with one attached hydrogen (secondary N) is 3. The Morgan fingerprint density at radius 1 is 1.00 bits per heavy atom. The average molecular weight is 398 g/mol. The predicted octanol–water partition coefficient (Wildman–Crippen LogP) is 4.40. The molecule has 29 heavy (non-hydrogen) atoms. The maximum Gasteiger partial charge on any atom is 0.328 e. The van der Waals surface area contributed by atoms with Crippen molar-refractivity contribution in [3.63, 3.8) is 0 Å². The number of carboxylic acid groups (broad SMARTS) is 1. The van der Waals surface area contributed by atoms with Crippen LogP contribution in [0.25, 0.3) is 11.3 Å². The zero-order valence-corrected chi connectivity index (χ0v) is 15.7. The van der Waals surface area contributed by atoms with Gasteiger partial charge in [0, 0.05) is 23.0 Å². The molecule has 1 heterocycles. The van der Waals surface area contributed by atoms with Crippen LogP contribution in [0.4, 0.5) is 26.4 Å². The molecular formula is C20H19FN4O4. The number of hydrogen-bond acceptors (Lipinski definition) is 5. The highest BCUT2D eigenvalue weighted by Gasteiger charge is 2.28. The van der Waals surface area contributed by atoms with Crippen LogP contribution in [0.5, 0.6) is 0 Å². The van der Waals surface area contributed by atoms with Crippen molar-refractivity contribution in [2.75, 3.05) is 16.0 Å². The van der Waals surface area contributed by atoms with Crippen molar-refractivity contribution in [1.29, 1.82) is 0 Å². The molecule has 0 saturated heterocycles. The summed E-state index contributed by atoms with van der Waals surface area (Å²) in [5.74, 6) is -1.18. The normalized spacial score (nSPS) is 11.0. The summed E-state index contributed by atoms with van der Waals surface area (Å²) < 4.78 is 18.0. The van der Waals surface area contributed by atoms with Gasteiger partial charge in [-0.1, -0.05) is 17.3 Å². The SMILES string of the molecule is CC(C)(Nc1cc(-c2ccc(NC(=O)Nc3ccc(F)cc3)cc2)no1)C(=O)O. The molecule has 0 fully saturated rings. The van der Waals surface area contributed by atoms with Gasteiger partial charge in [0.25, 0.3) is 0 Å². The van der Waals surface area contributed by atoms with Crippen LogP contribution in [-0.2, 0) is 4.79 Å². The summed E-state index contributed by atoms with van der Waals surface area (Å²) in [6.45, 7) is 3.02. The molecule has 0 aliphatic heterocycles. The number of carbonyl (C=O) groups excluding carboxylic acids is 1. The second kappa shape index (κ2) is 8.01. The van der Waals surface area contributed by atoms with Crippen LogP contribution in [-0.4, -0.2) is 27.8 Å². The van der Waals surface area contributed by atoms with Crippen LogP contribution in [0.2, 0.25) is 0 Å². The molecular weight excluding hydrogens is 379 g/mol. The number of hydrogen-bond donors (Lipinski definition) is 4. The third kappa shape index (κ3) is 5.10. The summed E-state index contributed by atoms with van der Waals surface area (Å²) in [7, 11) is 0. The van der Waals surface area contributed by atoms with Gasteiger partial charge in [-0.2, -0.15) is 0 Å². The summed E-state index contributed by atoms with van der Waals surface area (Å²) in [6.07, 6.45) is 0. The quantitative estimate of drug-likeness (QED) is 0.489. The van der Waals surface area contributed by atoms with Crippen molar-refractivity contribution < 1.29 is 23.6 Å². The summed E-state index contributed by atoms with van der Waals surface area (Å²) >= 11 is 0. The molecule has 3 aromatic rings. The number of benzene rings is 2. The van der Waals surface area contributed by atoms with Crippen LogP contribution in [0.3, 0.4) is 0 Å². The van der Waals surface area contributed by atoms with Gasteiger partial charge in [-0.15, -0.1) is 0 Å². The van der Waals surface area contributed by atoms with E-state index in [4.69, 9.17) is 9.63 Å². The largest absolute Gasteiger partial charge is 0.480 e. The van der Waals surface area contributed by atoms with E-state index in [1.807, 2.05) is 0 Å². The number of carboxylic acids is 1. The Morgan fingerprint density at radius 2 is 1.55 bits per heavy atom. The van der Waals surface area contributed by atoms with E-state index in [0.29, 0.717) is 17.1 Å². The standard InChI is InChI=1S/C20H19FN4O4/c1-20(2,18(26)27)24-17-11-16(25-29-17)12-3-7-14(8-4-12)22-19(28)23-15-9-5-13(21)6-10-15/h3-11,24H,1-2H3,(H,26,27)(H2,22,23,28). The first kappa shape index (κ1) is 19.9. The number of aliphatic carboxylic acids is 1. The highest BCUT2D eigenvalue weighted by molar-refractivity contribution is 5.99. The smallest absolute Gasteiger partial charge is 0.328 e. The van der Waals surface area contributed by atoms with Crippen LogP contribution in [0, 0.1) is 5.82 Å². The number of carbonyl (C=O) groups is 2. The van der Waals surface area contributed by atoms with Gasteiger partial charge in [0.2, 0.25) is 5.88 Å². The average Bonchev–Trinajstić information content (AvgIpc) is 3.12. The summed E-state index contributed by atoms with van der Waals surface area (Å²) in [6, 6.07) is 13.4.